The van der Waals surface area contributed by atoms with Crippen molar-refractivity contribution in [2.24, 2.45) is 4.99 Å². The zero-order valence-electron chi connectivity index (χ0n) is 8.22. The number of fused-ring (bicyclic) bond motifs is 1. The van der Waals surface area contributed by atoms with Gasteiger partial charge in [0.1, 0.15) is 0 Å². The molecule has 1 aromatic heterocycles. The highest BCUT2D eigenvalue weighted by Gasteiger charge is 2.17. The van der Waals surface area contributed by atoms with Gasteiger partial charge >= 0.3 is 0 Å². The third-order valence-corrected chi connectivity index (χ3v) is 2.56. The lowest BCUT2D eigenvalue weighted by atomic mass is 9.68. The van der Waals surface area contributed by atoms with Gasteiger partial charge in [-0.25, -0.2) is 0 Å². The summed E-state index contributed by atoms with van der Waals surface area (Å²) in [7, 11) is 0.847. The lowest BCUT2D eigenvalue weighted by Crippen LogP contribution is -2.21. The van der Waals surface area contributed by atoms with Crippen LogP contribution in [0.1, 0.15) is 5.56 Å². The monoisotopic (exact) mass is 192 g/mol. The Hall–Kier alpha value is -1.90. The van der Waals surface area contributed by atoms with Crippen molar-refractivity contribution in [1.29, 1.82) is 0 Å². The van der Waals surface area contributed by atoms with E-state index < -0.39 is 0 Å². The van der Waals surface area contributed by atoms with Crippen molar-refractivity contribution in [1.82, 2.24) is 4.98 Å². The summed E-state index contributed by atoms with van der Waals surface area (Å²) in [6.07, 6.45) is 1.82. The first-order valence-corrected chi connectivity index (χ1v) is 5.00. The topological polar surface area (TPSA) is 25.2 Å². The van der Waals surface area contributed by atoms with Crippen LogP contribution in [0.4, 0.5) is 5.69 Å². The lowest BCUT2D eigenvalue weighted by Gasteiger charge is -1.96. The number of aromatic nitrogens is 1. The van der Waals surface area contributed by atoms with Crippen LogP contribution in [0.15, 0.2) is 53.7 Å². The minimum Gasteiger partial charge on any atom is -0.269 e. The summed E-state index contributed by atoms with van der Waals surface area (Å²) in [5.41, 5.74) is 4.40. The first-order valence-electron chi connectivity index (χ1n) is 5.00. The van der Waals surface area contributed by atoms with E-state index in [9.17, 15) is 0 Å². The van der Waals surface area contributed by atoms with Gasteiger partial charge in [-0.1, -0.05) is 30.3 Å². The van der Waals surface area contributed by atoms with E-state index in [-0.39, 0.29) is 0 Å². The van der Waals surface area contributed by atoms with Crippen molar-refractivity contribution in [2.45, 2.75) is 0 Å². The van der Waals surface area contributed by atoms with E-state index in [4.69, 9.17) is 0 Å². The van der Waals surface area contributed by atoms with Gasteiger partial charge in [0.15, 0.2) is 0 Å². The molecule has 0 N–H and O–H groups in total. The van der Waals surface area contributed by atoms with Crippen LogP contribution in [0, 0.1) is 0 Å². The summed E-state index contributed by atoms with van der Waals surface area (Å²) in [5, 5.41) is 0. The molecule has 0 saturated carbocycles. The Morgan fingerprint density at radius 3 is 2.60 bits per heavy atom. The Labute approximate surface area is 88.9 Å². The fraction of sp³-hybridized carbons (Fsp3) is 0. The summed E-state index contributed by atoms with van der Waals surface area (Å²) >= 11 is 0. The molecule has 0 unspecified atom stereocenters. The fourth-order valence-electron chi connectivity index (χ4n) is 1.81. The van der Waals surface area contributed by atoms with Crippen LogP contribution in [0.5, 0.6) is 0 Å². The Morgan fingerprint density at radius 2 is 1.80 bits per heavy atom. The molecule has 0 fully saturated rings. The third kappa shape index (κ3) is 1.46. The molecule has 0 spiro atoms. The quantitative estimate of drug-likeness (QED) is 0.624. The molecule has 0 amide bonds. The van der Waals surface area contributed by atoms with Crippen molar-refractivity contribution in [2.75, 3.05) is 0 Å². The van der Waals surface area contributed by atoms with Crippen molar-refractivity contribution < 1.29 is 0 Å². The van der Waals surface area contributed by atoms with Crippen LogP contribution < -0.4 is 5.59 Å². The maximum Gasteiger partial charge on any atom is 0.244 e. The summed E-state index contributed by atoms with van der Waals surface area (Å²) in [6, 6.07) is 14.2. The summed E-state index contributed by atoms with van der Waals surface area (Å²) in [4.78, 5) is 8.90. The number of hydrogen-bond acceptors (Lipinski definition) is 2. The van der Waals surface area contributed by atoms with Crippen LogP contribution in [0.2, 0.25) is 0 Å². The van der Waals surface area contributed by atoms with E-state index in [0.29, 0.717) is 0 Å². The number of benzene rings is 1. The van der Waals surface area contributed by atoms with Gasteiger partial charge in [0.05, 0.1) is 5.69 Å². The fourth-order valence-corrected chi connectivity index (χ4v) is 1.81. The number of hydrogen-bond donors (Lipinski definition) is 0. The normalized spacial score (nSPS) is 12.9. The van der Waals surface area contributed by atoms with Gasteiger partial charge in [0.25, 0.3) is 0 Å². The molecule has 2 nitrogen and oxygen atoms in total. The molecule has 1 aliphatic heterocycles. The second-order valence-corrected chi connectivity index (χ2v) is 3.57. The predicted octanol–water partition coefficient (Wildman–Crippen LogP) is 1.24. The molecule has 15 heavy (non-hydrogen) atoms. The van der Waals surface area contributed by atoms with Crippen LogP contribution >= 0.6 is 0 Å². The Morgan fingerprint density at radius 1 is 0.933 bits per heavy atom. The molecule has 0 radical (unpaired) electrons. The van der Waals surface area contributed by atoms with Crippen LogP contribution in [-0.2, 0) is 0 Å². The number of nitrogens with zero attached hydrogens (tertiary/aromatic N) is 2. The van der Waals surface area contributed by atoms with E-state index in [1.165, 1.54) is 5.56 Å². The molecule has 1 aliphatic rings. The van der Waals surface area contributed by atoms with Gasteiger partial charge in [-0.15, -0.1) is 0 Å². The smallest absolute Gasteiger partial charge is 0.244 e. The summed E-state index contributed by atoms with van der Waals surface area (Å²) < 4.78 is 0. The van der Waals surface area contributed by atoms with Crippen molar-refractivity contribution in [3.8, 4) is 0 Å². The molecule has 0 saturated heterocycles. The van der Waals surface area contributed by atoms with E-state index in [1.54, 1.807) is 0 Å². The molecular formula is C12H9BN2. The second-order valence-electron chi connectivity index (χ2n) is 3.57. The van der Waals surface area contributed by atoms with Gasteiger partial charge in [-0.2, -0.15) is 0 Å². The average Bonchev–Trinajstić information content (AvgIpc) is 2.74. The molecule has 2 aromatic rings. The largest absolute Gasteiger partial charge is 0.269 e. The molecular weight excluding hydrogens is 183 g/mol. The first kappa shape index (κ1) is 8.42. The van der Waals surface area contributed by atoms with Gasteiger partial charge in [0.2, 0.25) is 7.28 Å². The summed E-state index contributed by atoms with van der Waals surface area (Å²) in [5.74, 6) is 0. The van der Waals surface area contributed by atoms with E-state index in [2.05, 4.69) is 22.1 Å². The predicted molar refractivity (Wildman–Crippen MR) is 63.7 cm³/mol. The molecule has 0 aliphatic carbocycles. The first-order chi connectivity index (χ1) is 7.43. The number of rotatable bonds is 1. The minimum atomic E-state index is 0.847. The highest BCUT2D eigenvalue weighted by Crippen LogP contribution is 2.15. The molecule has 3 heteroatoms. The van der Waals surface area contributed by atoms with Crippen LogP contribution in [-0.4, -0.2) is 17.9 Å². The third-order valence-electron chi connectivity index (χ3n) is 2.56. The van der Waals surface area contributed by atoms with Gasteiger partial charge in [0, 0.05) is 17.4 Å². The molecule has 3 rings (SSSR count). The molecule has 0 atom stereocenters. The van der Waals surface area contributed by atoms with Crippen LogP contribution in [0.25, 0.3) is 0 Å². The van der Waals surface area contributed by atoms with E-state index in [0.717, 1.165) is 24.2 Å². The van der Waals surface area contributed by atoms with Crippen molar-refractivity contribution >= 4 is 24.2 Å². The maximum atomic E-state index is 4.58. The highest BCUT2D eigenvalue weighted by molar-refractivity contribution is 6.90. The average molecular weight is 192 g/mol. The van der Waals surface area contributed by atoms with Gasteiger partial charge in [-0.3, -0.25) is 9.98 Å². The van der Waals surface area contributed by atoms with Crippen molar-refractivity contribution in [3.63, 3.8) is 0 Å². The van der Waals surface area contributed by atoms with Crippen molar-refractivity contribution in [3.05, 3.63) is 54.2 Å². The van der Waals surface area contributed by atoms with Gasteiger partial charge in [-0.05, 0) is 17.7 Å². The maximum absolute atomic E-state index is 4.58. The highest BCUT2D eigenvalue weighted by atomic mass is 14.8. The summed E-state index contributed by atoms with van der Waals surface area (Å²) in [6.45, 7) is 0. The Kier molecular flexibility index (Phi) is 1.88. The molecule has 0 bridgehead atoms. The molecule has 1 aromatic carbocycles. The zero-order valence-corrected chi connectivity index (χ0v) is 8.22. The lowest BCUT2D eigenvalue weighted by molar-refractivity contribution is 1.37. The molecule has 2 heterocycles. The minimum absolute atomic E-state index is 0.847. The Balaban J connectivity index is 2.02. The standard InChI is InChI=1S/C12H9BN2/c1-2-5-9(6-3-1)11-13-12-10(15-11)7-4-8-14-12/h1-8,13H. The number of aliphatic imine (C=N–C) groups is 1. The number of pyridine rings is 1. The van der Waals surface area contributed by atoms with Gasteiger partial charge < -0.3 is 0 Å². The second kappa shape index (κ2) is 3.35. The Bertz CT molecular complexity index is 520. The van der Waals surface area contributed by atoms with E-state index >= 15 is 0 Å². The van der Waals surface area contributed by atoms with Crippen LogP contribution in [0.3, 0.4) is 0 Å². The molecule has 70 valence electrons. The zero-order chi connectivity index (χ0) is 10.1. The van der Waals surface area contributed by atoms with E-state index in [1.807, 2.05) is 36.5 Å². The SMILES string of the molecule is B1C(c2ccccc2)=Nc2cccnc21.